The van der Waals surface area contributed by atoms with Gasteiger partial charge >= 0.3 is 0 Å². The van der Waals surface area contributed by atoms with Crippen molar-refractivity contribution >= 4 is 17.5 Å². The fourth-order valence-electron chi connectivity index (χ4n) is 3.54. The molecule has 0 N–H and O–H groups in total. The van der Waals surface area contributed by atoms with Gasteiger partial charge in [-0.15, -0.1) is 0 Å². The number of Topliss-reactive ketones (excluding diaryl/α,β-unsaturated/α-hetero) is 2. The molecule has 1 aliphatic heterocycles. The second-order valence-electron chi connectivity index (χ2n) is 6.32. The molecule has 5 heteroatoms. The van der Waals surface area contributed by atoms with E-state index in [1.165, 1.54) is 0 Å². The number of furan rings is 1. The van der Waals surface area contributed by atoms with Crippen LogP contribution in [0.3, 0.4) is 0 Å². The van der Waals surface area contributed by atoms with Crippen LogP contribution in [0.1, 0.15) is 56.1 Å². The van der Waals surface area contributed by atoms with E-state index in [-0.39, 0.29) is 17.2 Å². The predicted molar refractivity (Wildman–Crippen MR) is 87.3 cm³/mol. The summed E-state index contributed by atoms with van der Waals surface area (Å²) in [6.07, 6.45) is 3.08. The highest BCUT2D eigenvalue weighted by molar-refractivity contribution is 6.53. The zero-order valence-corrected chi connectivity index (χ0v) is 13.4. The van der Waals surface area contributed by atoms with Crippen LogP contribution in [0.15, 0.2) is 28.7 Å². The van der Waals surface area contributed by atoms with Crippen LogP contribution in [0, 0.1) is 6.92 Å². The Bertz CT molecular complexity index is 871. The zero-order valence-electron chi connectivity index (χ0n) is 13.4. The monoisotopic (exact) mass is 323 g/mol. The van der Waals surface area contributed by atoms with Crippen LogP contribution >= 0.6 is 0 Å². The topological polar surface area (TPSA) is 67.6 Å². The largest absolute Gasteiger partial charge is 0.450 e. The van der Waals surface area contributed by atoms with Crippen LogP contribution in [0.25, 0.3) is 11.3 Å². The molecule has 2 aliphatic rings. The van der Waals surface area contributed by atoms with Crippen molar-refractivity contribution < 1.29 is 18.8 Å². The van der Waals surface area contributed by atoms with Crippen molar-refractivity contribution in [2.24, 2.45) is 0 Å². The minimum Gasteiger partial charge on any atom is -0.450 e. The lowest BCUT2D eigenvalue weighted by atomic mass is 9.87. The molecular weight excluding hydrogens is 306 g/mol. The molecule has 0 atom stereocenters. The van der Waals surface area contributed by atoms with E-state index in [4.69, 9.17) is 4.42 Å². The molecular formula is C19H17NO4. The zero-order chi connectivity index (χ0) is 16.8. The van der Waals surface area contributed by atoms with Crippen molar-refractivity contribution in [1.82, 2.24) is 4.90 Å². The van der Waals surface area contributed by atoms with Crippen molar-refractivity contribution in [3.8, 4) is 11.3 Å². The van der Waals surface area contributed by atoms with Gasteiger partial charge in [0, 0.05) is 29.8 Å². The molecule has 1 aliphatic carbocycles. The highest BCUT2D eigenvalue weighted by Gasteiger charge is 2.38. The summed E-state index contributed by atoms with van der Waals surface area (Å²) in [6.45, 7) is 3.08. The van der Waals surface area contributed by atoms with E-state index in [1.807, 2.05) is 0 Å². The van der Waals surface area contributed by atoms with E-state index in [0.29, 0.717) is 35.5 Å². The summed E-state index contributed by atoms with van der Waals surface area (Å²) < 4.78 is 5.83. The number of hydrogen-bond acceptors (Lipinski definition) is 4. The van der Waals surface area contributed by atoms with Gasteiger partial charge in [0.25, 0.3) is 5.91 Å². The summed E-state index contributed by atoms with van der Waals surface area (Å²) in [5.74, 6) is -0.811. The fourth-order valence-corrected chi connectivity index (χ4v) is 3.54. The quantitative estimate of drug-likeness (QED) is 0.755. The second kappa shape index (κ2) is 5.44. The first-order valence-corrected chi connectivity index (χ1v) is 8.20. The predicted octanol–water partition coefficient (Wildman–Crippen LogP) is 3.26. The van der Waals surface area contributed by atoms with Crippen LogP contribution in [0.5, 0.6) is 0 Å². The normalized spacial score (nSPS) is 16.8. The number of hydrogen-bond donors (Lipinski definition) is 0. The lowest BCUT2D eigenvalue weighted by Crippen LogP contribution is -2.35. The molecule has 1 amide bonds. The molecule has 0 radical (unpaired) electrons. The summed E-state index contributed by atoms with van der Waals surface area (Å²) >= 11 is 0. The van der Waals surface area contributed by atoms with Gasteiger partial charge in [-0.05, 0) is 26.2 Å². The lowest BCUT2D eigenvalue weighted by molar-refractivity contribution is 0.0692. The van der Waals surface area contributed by atoms with Crippen LogP contribution in [-0.4, -0.2) is 35.5 Å². The van der Waals surface area contributed by atoms with Crippen molar-refractivity contribution in [3.05, 3.63) is 46.7 Å². The maximum Gasteiger partial charge on any atom is 0.289 e. The molecule has 5 nitrogen and oxygen atoms in total. The number of benzene rings is 1. The van der Waals surface area contributed by atoms with E-state index < -0.39 is 11.6 Å². The third-order valence-corrected chi connectivity index (χ3v) is 4.83. The number of likely N-dealkylation sites (tertiary alicyclic amines) is 1. The minimum atomic E-state index is -0.595. The number of fused-ring (bicyclic) bond motifs is 3. The van der Waals surface area contributed by atoms with Crippen LogP contribution in [0.2, 0.25) is 0 Å². The molecule has 1 saturated heterocycles. The average Bonchev–Trinajstić information content (AvgIpc) is 2.97. The maximum atomic E-state index is 12.8. The summed E-state index contributed by atoms with van der Waals surface area (Å²) in [7, 11) is 0. The van der Waals surface area contributed by atoms with Gasteiger partial charge in [-0.1, -0.05) is 24.3 Å². The van der Waals surface area contributed by atoms with Gasteiger partial charge in [0.1, 0.15) is 5.76 Å². The van der Waals surface area contributed by atoms with Crippen LogP contribution in [0.4, 0.5) is 0 Å². The number of carbonyl (C=O) groups excluding carboxylic acids is 3. The molecule has 2 aromatic rings. The second-order valence-corrected chi connectivity index (χ2v) is 6.32. The molecule has 0 bridgehead atoms. The molecule has 0 spiro atoms. The Labute approximate surface area is 139 Å². The fraction of sp³-hybridized carbons (Fsp3) is 0.316. The van der Waals surface area contributed by atoms with Crippen molar-refractivity contribution in [2.45, 2.75) is 26.2 Å². The Morgan fingerprint density at radius 1 is 1.00 bits per heavy atom. The lowest BCUT2D eigenvalue weighted by Gasteiger charge is -2.25. The maximum absolute atomic E-state index is 12.8. The third kappa shape index (κ3) is 2.04. The van der Waals surface area contributed by atoms with Crippen LogP contribution in [-0.2, 0) is 0 Å². The smallest absolute Gasteiger partial charge is 0.289 e. The molecule has 1 fully saturated rings. The molecule has 24 heavy (non-hydrogen) atoms. The molecule has 0 saturated carbocycles. The first kappa shape index (κ1) is 14.9. The van der Waals surface area contributed by atoms with Gasteiger partial charge in [0.2, 0.25) is 11.6 Å². The van der Waals surface area contributed by atoms with E-state index in [2.05, 4.69) is 0 Å². The van der Waals surface area contributed by atoms with Gasteiger partial charge in [0.15, 0.2) is 5.76 Å². The molecule has 0 unspecified atom stereocenters. The van der Waals surface area contributed by atoms with Gasteiger partial charge in [0.05, 0.1) is 5.56 Å². The number of piperidine rings is 1. The first-order chi connectivity index (χ1) is 11.6. The van der Waals surface area contributed by atoms with E-state index in [0.717, 1.165) is 19.3 Å². The molecule has 1 aromatic carbocycles. The van der Waals surface area contributed by atoms with Crippen molar-refractivity contribution in [1.29, 1.82) is 0 Å². The SMILES string of the molecule is Cc1c(C(=O)N2CCCCC2)oc2c1C(=O)C(=O)c1ccccc1-2. The van der Waals surface area contributed by atoms with E-state index in [1.54, 1.807) is 36.1 Å². The van der Waals surface area contributed by atoms with E-state index in [9.17, 15) is 14.4 Å². The van der Waals surface area contributed by atoms with Gasteiger partial charge in [-0.3, -0.25) is 14.4 Å². The average molecular weight is 323 g/mol. The Hall–Kier alpha value is -2.69. The summed E-state index contributed by atoms with van der Waals surface area (Å²) in [4.78, 5) is 39.3. The van der Waals surface area contributed by atoms with Gasteiger partial charge in [-0.25, -0.2) is 0 Å². The third-order valence-electron chi connectivity index (χ3n) is 4.83. The highest BCUT2D eigenvalue weighted by atomic mass is 16.4. The van der Waals surface area contributed by atoms with Crippen LogP contribution < -0.4 is 0 Å². The Balaban J connectivity index is 1.85. The molecule has 122 valence electrons. The number of rotatable bonds is 1. The number of amides is 1. The summed E-state index contributed by atoms with van der Waals surface area (Å²) in [5.41, 5.74) is 1.62. The molecule has 4 rings (SSSR count). The van der Waals surface area contributed by atoms with E-state index >= 15 is 0 Å². The van der Waals surface area contributed by atoms with Gasteiger partial charge in [-0.2, -0.15) is 0 Å². The highest BCUT2D eigenvalue weighted by Crippen LogP contribution is 2.38. The standard InChI is InChI=1S/C19H17NO4/c1-11-14-16(22)15(21)12-7-3-4-8-13(12)18(14)24-17(11)19(23)20-9-5-2-6-10-20/h3-4,7-8H,2,5-6,9-10H2,1H3. The van der Waals surface area contributed by atoms with Gasteiger partial charge < -0.3 is 9.32 Å². The minimum absolute atomic E-state index is 0.180. The summed E-state index contributed by atoms with van der Waals surface area (Å²) in [6, 6.07) is 6.86. The molecule has 2 heterocycles. The van der Waals surface area contributed by atoms with Crippen molar-refractivity contribution in [2.75, 3.05) is 13.1 Å². The Morgan fingerprint density at radius 3 is 2.38 bits per heavy atom. The van der Waals surface area contributed by atoms with Crippen molar-refractivity contribution in [3.63, 3.8) is 0 Å². The number of carbonyl (C=O) groups is 3. The Morgan fingerprint density at radius 2 is 1.67 bits per heavy atom. The Kier molecular flexibility index (Phi) is 3.37. The first-order valence-electron chi connectivity index (χ1n) is 8.20. The number of ketones is 2. The number of nitrogens with zero attached hydrogens (tertiary/aromatic N) is 1. The summed E-state index contributed by atoms with van der Waals surface area (Å²) in [5, 5.41) is 0. The molecule has 1 aromatic heterocycles.